The molecule has 3 rings (SSSR count). The van der Waals surface area contributed by atoms with Gasteiger partial charge < -0.3 is 14.3 Å². The van der Waals surface area contributed by atoms with Crippen molar-refractivity contribution in [2.45, 2.75) is 20.3 Å². The van der Waals surface area contributed by atoms with Crippen molar-refractivity contribution in [3.05, 3.63) is 63.0 Å². The SMILES string of the molecule is CCOC(=O)c1oc2cc(O)c(CC)cc2c(=O)c1-c1ccccc1Cl. The molecule has 0 saturated heterocycles. The third kappa shape index (κ3) is 3.06. The van der Waals surface area contributed by atoms with Gasteiger partial charge in [-0.3, -0.25) is 4.79 Å². The van der Waals surface area contributed by atoms with Crippen molar-refractivity contribution >= 4 is 28.5 Å². The molecule has 0 spiro atoms. The summed E-state index contributed by atoms with van der Waals surface area (Å²) in [4.78, 5) is 25.6. The number of esters is 1. The van der Waals surface area contributed by atoms with Crippen LogP contribution in [0.2, 0.25) is 5.02 Å². The first-order valence-corrected chi connectivity index (χ1v) is 8.60. The van der Waals surface area contributed by atoms with Crippen LogP contribution in [0.5, 0.6) is 5.75 Å². The number of hydrogen-bond acceptors (Lipinski definition) is 5. The molecule has 0 radical (unpaired) electrons. The molecule has 1 N–H and O–H groups in total. The summed E-state index contributed by atoms with van der Waals surface area (Å²) in [6.45, 7) is 3.65. The lowest BCUT2D eigenvalue weighted by Gasteiger charge is -2.12. The topological polar surface area (TPSA) is 76.7 Å². The molecule has 1 heterocycles. The van der Waals surface area contributed by atoms with Gasteiger partial charge >= 0.3 is 5.97 Å². The number of ether oxygens (including phenoxy) is 1. The average Bonchev–Trinajstić information content (AvgIpc) is 2.62. The molecule has 0 unspecified atom stereocenters. The number of carbonyl (C=O) groups is 1. The largest absolute Gasteiger partial charge is 0.508 e. The minimum atomic E-state index is -0.763. The second-order valence-electron chi connectivity index (χ2n) is 5.67. The van der Waals surface area contributed by atoms with Crippen molar-refractivity contribution in [2.75, 3.05) is 6.61 Å². The van der Waals surface area contributed by atoms with Gasteiger partial charge in [0.1, 0.15) is 11.3 Å². The maximum atomic E-state index is 13.2. The van der Waals surface area contributed by atoms with Crippen LogP contribution < -0.4 is 5.43 Å². The maximum absolute atomic E-state index is 13.2. The second-order valence-corrected chi connectivity index (χ2v) is 6.07. The lowest BCUT2D eigenvalue weighted by Crippen LogP contribution is -2.15. The Labute approximate surface area is 154 Å². The van der Waals surface area contributed by atoms with Gasteiger partial charge in [0.05, 0.1) is 17.6 Å². The highest BCUT2D eigenvalue weighted by Crippen LogP contribution is 2.32. The van der Waals surface area contributed by atoms with Gasteiger partial charge in [-0.2, -0.15) is 0 Å². The number of carbonyl (C=O) groups excluding carboxylic acids is 1. The molecule has 0 saturated carbocycles. The number of fused-ring (bicyclic) bond motifs is 1. The van der Waals surface area contributed by atoms with E-state index in [2.05, 4.69) is 0 Å². The van der Waals surface area contributed by atoms with Gasteiger partial charge in [0.25, 0.3) is 0 Å². The minimum Gasteiger partial charge on any atom is -0.508 e. The highest BCUT2D eigenvalue weighted by molar-refractivity contribution is 6.33. The molecule has 5 nitrogen and oxygen atoms in total. The molecule has 0 aliphatic rings. The summed E-state index contributed by atoms with van der Waals surface area (Å²) >= 11 is 6.25. The number of aromatic hydroxyl groups is 1. The monoisotopic (exact) mass is 372 g/mol. The molecule has 26 heavy (non-hydrogen) atoms. The third-order valence-corrected chi connectivity index (χ3v) is 4.41. The highest BCUT2D eigenvalue weighted by atomic mass is 35.5. The van der Waals surface area contributed by atoms with Crippen molar-refractivity contribution in [2.24, 2.45) is 0 Å². The van der Waals surface area contributed by atoms with Crippen LogP contribution >= 0.6 is 11.6 Å². The molecular weight excluding hydrogens is 356 g/mol. The maximum Gasteiger partial charge on any atom is 0.375 e. The lowest BCUT2D eigenvalue weighted by molar-refractivity contribution is 0.0492. The molecule has 0 atom stereocenters. The molecule has 1 aromatic heterocycles. The predicted octanol–water partition coefficient (Wildman–Crippen LogP) is 4.56. The molecule has 0 aliphatic heterocycles. The van der Waals surface area contributed by atoms with E-state index in [0.717, 1.165) is 0 Å². The van der Waals surface area contributed by atoms with Gasteiger partial charge in [-0.15, -0.1) is 0 Å². The van der Waals surface area contributed by atoms with E-state index in [0.29, 0.717) is 22.6 Å². The smallest absolute Gasteiger partial charge is 0.375 e. The summed E-state index contributed by atoms with van der Waals surface area (Å²) in [6.07, 6.45) is 0.544. The van der Waals surface area contributed by atoms with E-state index < -0.39 is 11.4 Å². The summed E-state index contributed by atoms with van der Waals surface area (Å²) in [5.41, 5.74) is 0.757. The Morgan fingerprint density at radius 2 is 1.96 bits per heavy atom. The van der Waals surface area contributed by atoms with Crippen molar-refractivity contribution in [3.63, 3.8) is 0 Å². The first-order valence-electron chi connectivity index (χ1n) is 8.22. The fraction of sp³-hybridized carbons (Fsp3) is 0.200. The molecular formula is C20H17ClO5. The Morgan fingerprint density at radius 1 is 1.23 bits per heavy atom. The van der Waals surface area contributed by atoms with Gasteiger partial charge in [0.15, 0.2) is 0 Å². The van der Waals surface area contributed by atoms with Crippen LogP contribution in [0.1, 0.15) is 30.0 Å². The van der Waals surface area contributed by atoms with E-state index in [4.69, 9.17) is 20.8 Å². The Morgan fingerprint density at radius 3 is 2.62 bits per heavy atom. The second kappa shape index (κ2) is 7.22. The van der Waals surface area contributed by atoms with Crippen molar-refractivity contribution in [3.8, 4) is 16.9 Å². The number of halogens is 1. The number of phenolic OH excluding ortho intramolecular Hbond substituents is 1. The van der Waals surface area contributed by atoms with Crippen LogP contribution in [0.4, 0.5) is 0 Å². The van der Waals surface area contributed by atoms with Gasteiger partial charge in [-0.05, 0) is 31.0 Å². The van der Waals surface area contributed by atoms with Crippen molar-refractivity contribution < 1.29 is 19.1 Å². The van der Waals surface area contributed by atoms with E-state index in [1.54, 1.807) is 37.3 Å². The molecule has 3 aromatic rings. The minimum absolute atomic E-state index is 0.00320. The number of aryl methyl sites for hydroxylation is 1. The molecule has 0 bridgehead atoms. The normalized spacial score (nSPS) is 10.9. The molecule has 0 fully saturated rings. The standard InChI is InChI=1S/C20H17ClO5/c1-3-11-9-13-16(10-15(11)22)26-19(20(24)25-4-2)17(18(13)23)12-7-5-6-8-14(12)21/h5-10,22H,3-4H2,1-2H3. The number of phenols is 1. The number of hydrogen-bond donors (Lipinski definition) is 1. The van der Waals surface area contributed by atoms with Gasteiger partial charge in [-0.1, -0.05) is 36.7 Å². The molecule has 0 aliphatic carbocycles. The van der Waals surface area contributed by atoms with E-state index in [1.807, 2.05) is 6.92 Å². The van der Waals surface area contributed by atoms with E-state index in [9.17, 15) is 14.7 Å². The van der Waals surface area contributed by atoms with Gasteiger partial charge in [0, 0.05) is 16.7 Å². The highest BCUT2D eigenvalue weighted by Gasteiger charge is 2.25. The average molecular weight is 373 g/mol. The number of benzene rings is 2. The Balaban J connectivity index is 2.43. The van der Waals surface area contributed by atoms with Crippen LogP contribution in [-0.2, 0) is 11.2 Å². The molecule has 2 aromatic carbocycles. The fourth-order valence-corrected chi connectivity index (χ4v) is 3.04. The van der Waals surface area contributed by atoms with E-state index in [1.165, 1.54) is 6.07 Å². The van der Waals surface area contributed by atoms with Crippen molar-refractivity contribution in [1.29, 1.82) is 0 Å². The lowest BCUT2D eigenvalue weighted by atomic mass is 10.00. The van der Waals surface area contributed by atoms with Crippen LogP contribution in [0.25, 0.3) is 22.1 Å². The van der Waals surface area contributed by atoms with E-state index in [-0.39, 0.29) is 34.6 Å². The molecule has 0 amide bonds. The quantitative estimate of drug-likeness (QED) is 0.679. The van der Waals surface area contributed by atoms with Crippen molar-refractivity contribution in [1.82, 2.24) is 0 Å². The van der Waals surface area contributed by atoms with Crippen LogP contribution in [0.3, 0.4) is 0 Å². The first-order chi connectivity index (χ1) is 12.5. The summed E-state index contributed by atoms with van der Waals surface area (Å²) in [7, 11) is 0. The Bertz CT molecular complexity index is 1050. The Kier molecular flexibility index (Phi) is 5.00. The predicted molar refractivity (Wildman–Crippen MR) is 99.9 cm³/mol. The van der Waals surface area contributed by atoms with Gasteiger partial charge in [-0.25, -0.2) is 4.79 Å². The zero-order valence-electron chi connectivity index (χ0n) is 14.3. The Hall–Kier alpha value is -2.79. The molecule has 134 valence electrons. The van der Waals surface area contributed by atoms with Crippen LogP contribution in [0.15, 0.2) is 45.6 Å². The van der Waals surface area contributed by atoms with E-state index >= 15 is 0 Å². The first kappa shape index (κ1) is 18.0. The zero-order valence-corrected chi connectivity index (χ0v) is 15.1. The summed E-state index contributed by atoms with van der Waals surface area (Å²) in [5.74, 6) is -0.995. The molecule has 6 heteroatoms. The number of rotatable bonds is 4. The summed E-state index contributed by atoms with van der Waals surface area (Å²) in [5, 5.41) is 10.6. The third-order valence-electron chi connectivity index (χ3n) is 4.08. The summed E-state index contributed by atoms with van der Waals surface area (Å²) < 4.78 is 10.7. The van der Waals surface area contributed by atoms with Crippen LogP contribution in [0, 0.1) is 0 Å². The fourth-order valence-electron chi connectivity index (χ4n) is 2.81. The van der Waals surface area contributed by atoms with Crippen LogP contribution in [-0.4, -0.2) is 17.7 Å². The van der Waals surface area contributed by atoms with Gasteiger partial charge in [0.2, 0.25) is 11.2 Å². The zero-order chi connectivity index (χ0) is 18.8. The summed E-state index contributed by atoms with van der Waals surface area (Å²) in [6, 6.07) is 9.63.